The Morgan fingerprint density at radius 1 is 1.14 bits per heavy atom. The highest BCUT2D eigenvalue weighted by Crippen LogP contribution is 2.32. The topological polar surface area (TPSA) is 104 Å². The fraction of sp³-hybridized carbons (Fsp3) is 0.154. The maximum absolute atomic E-state index is 11.9. The van der Waals surface area contributed by atoms with Crippen molar-refractivity contribution in [1.82, 2.24) is 0 Å². The molecule has 0 fully saturated rings. The summed E-state index contributed by atoms with van der Waals surface area (Å²) in [7, 11) is 0. The Morgan fingerprint density at radius 2 is 1.90 bits per heavy atom. The molecule has 2 aromatic rings. The number of hydrogen-bond acceptors (Lipinski definition) is 6. The number of ether oxygens (including phenoxy) is 2. The van der Waals surface area contributed by atoms with E-state index in [1.54, 1.807) is 18.2 Å². The van der Waals surface area contributed by atoms with E-state index in [-0.39, 0.29) is 5.76 Å². The van der Waals surface area contributed by atoms with Gasteiger partial charge in [-0.15, -0.1) is 0 Å². The molecule has 1 N–H and O–H groups in total. The van der Waals surface area contributed by atoms with Crippen LogP contribution in [0.25, 0.3) is 0 Å². The van der Waals surface area contributed by atoms with Crippen molar-refractivity contribution in [2.75, 3.05) is 18.5 Å². The Labute approximate surface area is 118 Å². The van der Waals surface area contributed by atoms with Gasteiger partial charge in [-0.2, -0.15) is 0 Å². The third-order valence-corrected chi connectivity index (χ3v) is 2.80. The van der Waals surface area contributed by atoms with E-state index in [1.165, 1.54) is 6.07 Å². The van der Waals surface area contributed by atoms with Crippen LogP contribution < -0.4 is 14.8 Å². The molecule has 108 valence electrons. The summed E-state index contributed by atoms with van der Waals surface area (Å²) < 4.78 is 15.6. The van der Waals surface area contributed by atoms with Gasteiger partial charge in [0.05, 0.1) is 6.07 Å². The second kappa shape index (κ2) is 5.16. The first-order valence-corrected chi connectivity index (χ1v) is 6.09. The highest BCUT2D eigenvalue weighted by atomic mass is 16.6. The molecule has 3 rings (SSSR count). The molecule has 0 spiro atoms. The minimum absolute atomic E-state index is 0.142. The molecule has 8 nitrogen and oxygen atoms in total. The van der Waals surface area contributed by atoms with Crippen LogP contribution in [0.4, 0.5) is 11.6 Å². The van der Waals surface area contributed by atoms with E-state index >= 15 is 0 Å². The predicted molar refractivity (Wildman–Crippen MR) is 70.7 cm³/mol. The molecule has 0 saturated heterocycles. The van der Waals surface area contributed by atoms with Crippen LogP contribution in [0.15, 0.2) is 34.7 Å². The van der Waals surface area contributed by atoms with E-state index in [2.05, 4.69) is 5.32 Å². The number of rotatable bonds is 3. The molecule has 1 aliphatic heterocycles. The Kier molecular flexibility index (Phi) is 3.19. The first-order valence-electron chi connectivity index (χ1n) is 6.09. The number of amides is 1. The molecular formula is C13H10N2O6. The third kappa shape index (κ3) is 2.64. The molecule has 0 saturated carbocycles. The zero-order chi connectivity index (χ0) is 14.8. The summed E-state index contributed by atoms with van der Waals surface area (Å²) in [5, 5.41) is 13.1. The maximum Gasteiger partial charge on any atom is 0.433 e. The Balaban J connectivity index is 1.76. The number of carbonyl (C=O) groups excluding carboxylic acids is 1. The van der Waals surface area contributed by atoms with Crippen LogP contribution in [0, 0.1) is 10.1 Å². The van der Waals surface area contributed by atoms with Gasteiger partial charge >= 0.3 is 5.88 Å². The monoisotopic (exact) mass is 290 g/mol. The summed E-state index contributed by atoms with van der Waals surface area (Å²) in [5.74, 6) is -0.0731. The number of furan rings is 1. The zero-order valence-electron chi connectivity index (χ0n) is 10.7. The van der Waals surface area contributed by atoms with Crippen LogP contribution in [-0.4, -0.2) is 24.0 Å². The lowest BCUT2D eigenvalue weighted by molar-refractivity contribution is -0.402. The van der Waals surface area contributed by atoms with Crippen molar-refractivity contribution in [3.05, 3.63) is 46.2 Å². The molecule has 0 radical (unpaired) electrons. The van der Waals surface area contributed by atoms with Gasteiger partial charge in [0.15, 0.2) is 17.3 Å². The fourth-order valence-electron chi connectivity index (χ4n) is 1.86. The number of carbonyl (C=O) groups is 1. The van der Waals surface area contributed by atoms with Gasteiger partial charge in [-0.25, -0.2) is 0 Å². The minimum atomic E-state index is -0.707. The van der Waals surface area contributed by atoms with Gasteiger partial charge in [0.2, 0.25) is 0 Å². The average molecular weight is 290 g/mol. The first kappa shape index (κ1) is 13.0. The first-order chi connectivity index (χ1) is 10.1. The number of nitrogens with one attached hydrogen (secondary N) is 1. The molecule has 0 atom stereocenters. The van der Waals surface area contributed by atoms with Gasteiger partial charge < -0.3 is 19.2 Å². The predicted octanol–water partition coefficient (Wildman–Crippen LogP) is 2.21. The lowest BCUT2D eigenvalue weighted by Gasteiger charge is -2.18. The lowest BCUT2D eigenvalue weighted by atomic mass is 10.2. The van der Waals surface area contributed by atoms with Crippen LogP contribution in [0.3, 0.4) is 0 Å². The van der Waals surface area contributed by atoms with E-state index in [4.69, 9.17) is 13.9 Å². The summed E-state index contributed by atoms with van der Waals surface area (Å²) in [6, 6.07) is 7.30. The smallest absolute Gasteiger partial charge is 0.433 e. The van der Waals surface area contributed by atoms with Crippen LogP contribution in [-0.2, 0) is 0 Å². The molecule has 1 aromatic carbocycles. The molecule has 1 amide bonds. The number of hydrogen-bond donors (Lipinski definition) is 1. The molecule has 21 heavy (non-hydrogen) atoms. The van der Waals surface area contributed by atoms with Gasteiger partial charge in [0.25, 0.3) is 5.91 Å². The molecule has 2 heterocycles. The van der Waals surface area contributed by atoms with Crippen molar-refractivity contribution in [3.63, 3.8) is 0 Å². The van der Waals surface area contributed by atoms with E-state index in [0.29, 0.717) is 30.4 Å². The number of anilines is 1. The van der Waals surface area contributed by atoms with Gasteiger partial charge in [0, 0.05) is 11.8 Å². The van der Waals surface area contributed by atoms with Crippen molar-refractivity contribution < 1.29 is 23.6 Å². The Hall–Kier alpha value is -3.03. The normalized spacial score (nSPS) is 12.8. The largest absolute Gasteiger partial charge is 0.486 e. The Bertz CT molecular complexity index is 708. The van der Waals surface area contributed by atoms with E-state index in [0.717, 1.165) is 6.07 Å². The van der Waals surface area contributed by atoms with Gasteiger partial charge in [-0.05, 0) is 18.2 Å². The van der Waals surface area contributed by atoms with Crippen molar-refractivity contribution >= 4 is 17.5 Å². The average Bonchev–Trinajstić information content (AvgIpc) is 2.97. The van der Waals surface area contributed by atoms with Crippen LogP contribution in [0.1, 0.15) is 10.6 Å². The molecule has 0 bridgehead atoms. The zero-order valence-corrected chi connectivity index (χ0v) is 10.7. The molecule has 0 unspecified atom stereocenters. The highest BCUT2D eigenvalue weighted by molar-refractivity contribution is 6.02. The summed E-state index contributed by atoms with van der Waals surface area (Å²) in [5.41, 5.74) is 0.475. The van der Waals surface area contributed by atoms with Crippen molar-refractivity contribution in [2.45, 2.75) is 0 Å². The van der Waals surface area contributed by atoms with E-state index in [9.17, 15) is 14.9 Å². The second-order valence-electron chi connectivity index (χ2n) is 4.21. The standard InChI is InChI=1S/C13H10N2O6/c16-13(10-3-4-12(21-10)15(17)18)14-8-1-2-9-11(7-8)20-6-5-19-9/h1-4,7H,5-6H2,(H,14,16). The molecule has 1 aromatic heterocycles. The van der Waals surface area contributed by atoms with E-state index < -0.39 is 16.7 Å². The summed E-state index contributed by atoms with van der Waals surface area (Å²) in [4.78, 5) is 21.7. The number of nitrogens with zero attached hydrogens (tertiary/aromatic N) is 1. The molecule has 0 aliphatic carbocycles. The van der Waals surface area contributed by atoms with Crippen LogP contribution in [0.5, 0.6) is 11.5 Å². The quantitative estimate of drug-likeness (QED) is 0.686. The van der Waals surface area contributed by atoms with Gasteiger partial charge in [-0.3, -0.25) is 14.9 Å². The summed E-state index contributed by atoms with van der Waals surface area (Å²) >= 11 is 0. The van der Waals surface area contributed by atoms with Crippen molar-refractivity contribution in [2.24, 2.45) is 0 Å². The fourth-order valence-corrected chi connectivity index (χ4v) is 1.86. The summed E-state index contributed by atoms with van der Waals surface area (Å²) in [6.45, 7) is 0.920. The van der Waals surface area contributed by atoms with Crippen molar-refractivity contribution in [3.8, 4) is 11.5 Å². The van der Waals surface area contributed by atoms with Crippen molar-refractivity contribution in [1.29, 1.82) is 0 Å². The van der Waals surface area contributed by atoms with Crippen LogP contribution in [0.2, 0.25) is 0 Å². The second-order valence-corrected chi connectivity index (χ2v) is 4.21. The number of fused-ring (bicyclic) bond motifs is 1. The highest BCUT2D eigenvalue weighted by Gasteiger charge is 2.18. The number of benzene rings is 1. The van der Waals surface area contributed by atoms with Gasteiger partial charge in [-0.1, -0.05) is 0 Å². The maximum atomic E-state index is 11.9. The molecule has 8 heteroatoms. The molecular weight excluding hydrogens is 280 g/mol. The summed E-state index contributed by atoms with van der Waals surface area (Å²) in [6.07, 6.45) is 0. The van der Waals surface area contributed by atoms with Crippen LogP contribution >= 0.6 is 0 Å². The number of nitro groups is 1. The third-order valence-electron chi connectivity index (χ3n) is 2.80. The van der Waals surface area contributed by atoms with E-state index in [1.807, 2.05) is 0 Å². The minimum Gasteiger partial charge on any atom is -0.486 e. The SMILES string of the molecule is O=C(Nc1ccc2c(c1)OCCO2)c1ccc([N+](=O)[O-])o1. The lowest BCUT2D eigenvalue weighted by Crippen LogP contribution is -2.16. The van der Waals surface area contributed by atoms with Gasteiger partial charge in [0.1, 0.15) is 18.1 Å². The Morgan fingerprint density at radius 3 is 2.62 bits per heavy atom. The molecule has 1 aliphatic rings.